The van der Waals surface area contributed by atoms with E-state index >= 15 is 0 Å². The average Bonchev–Trinajstić information content (AvgIpc) is 3.11. The van der Waals surface area contributed by atoms with Crippen LogP contribution in [0.5, 0.6) is 0 Å². The van der Waals surface area contributed by atoms with E-state index in [4.69, 9.17) is 4.52 Å². The first kappa shape index (κ1) is 15.3. The van der Waals surface area contributed by atoms with E-state index in [2.05, 4.69) is 15.1 Å². The normalized spacial score (nSPS) is 17.1. The van der Waals surface area contributed by atoms with Crippen LogP contribution in [0.25, 0.3) is 0 Å². The summed E-state index contributed by atoms with van der Waals surface area (Å²) in [6, 6.07) is -1.03. The number of H-pyrrole nitrogens is 1. The smallest absolute Gasteiger partial charge is 0.332 e. The van der Waals surface area contributed by atoms with Gasteiger partial charge in [-0.25, -0.2) is 9.78 Å². The quantitative estimate of drug-likeness (QED) is 0.874. The molecule has 2 aromatic rings. The summed E-state index contributed by atoms with van der Waals surface area (Å²) in [6.07, 6.45) is 2.75. The molecule has 0 aromatic carbocycles. The molecule has 23 heavy (non-hydrogen) atoms. The van der Waals surface area contributed by atoms with Crippen molar-refractivity contribution in [2.75, 3.05) is 6.54 Å². The zero-order chi connectivity index (χ0) is 16.6. The molecule has 0 radical (unpaired) electrons. The number of rotatable bonds is 4. The Balaban J connectivity index is 1.75. The Morgan fingerprint density at radius 2 is 2.26 bits per heavy atom. The maximum atomic E-state index is 12.5. The molecule has 2 N–H and O–H groups in total. The third kappa shape index (κ3) is 2.71. The van der Waals surface area contributed by atoms with Crippen LogP contribution in [0.4, 0.5) is 0 Å². The molecule has 122 valence electrons. The molecule has 0 saturated carbocycles. The van der Waals surface area contributed by atoms with Crippen LogP contribution in [0, 0.1) is 13.8 Å². The maximum Gasteiger partial charge on any atom is 0.332 e. The number of carboxylic acids is 1. The number of nitrogens with zero attached hydrogens (tertiary/aromatic N) is 3. The van der Waals surface area contributed by atoms with Crippen molar-refractivity contribution < 1.29 is 19.2 Å². The van der Waals surface area contributed by atoms with E-state index in [1.807, 2.05) is 6.92 Å². The maximum absolute atomic E-state index is 12.5. The number of carbonyl (C=O) groups is 2. The second kappa shape index (κ2) is 5.86. The van der Waals surface area contributed by atoms with E-state index in [0.29, 0.717) is 30.8 Å². The first-order valence-electron chi connectivity index (χ1n) is 7.45. The zero-order valence-corrected chi connectivity index (χ0v) is 13.0. The van der Waals surface area contributed by atoms with Crippen LogP contribution in [0.3, 0.4) is 0 Å². The number of aliphatic carboxylic acids is 1. The van der Waals surface area contributed by atoms with Crippen LogP contribution >= 0.6 is 0 Å². The lowest BCUT2D eigenvalue weighted by Crippen LogP contribution is -2.43. The van der Waals surface area contributed by atoms with Crippen molar-refractivity contribution in [3.8, 4) is 0 Å². The second-order valence-corrected chi connectivity index (χ2v) is 5.65. The van der Waals surface area contributed by atoms with Gasteiger partial charge < -0.3 is 19.5 Å². The summed E-state index contributed by atoms with van der Waals surface area (Å²) in [4.78, 5) is 32.5. The molecular formula is C15H18N4O4. The molecule has 1 atom stereocenters. The summed E-state index contributed by atoms with van der Waals surface area (Å²) in [5, 5.41) is 13.4. The van der Waals surface area contributed by atoms with Gasteiger partial charge in [0, 0.05) is 30.6 Å². The predicted molar refractivity (Wildman–Crippen MR) is 78.7 cm³/mol. The van der Waals surface area contributed by atoms with Crippen molar-refractivity contribution in [2.24, 2.45) is 0 Å². The predicted octanol–water partition coefficient (Wildman–Crippen LogP) is 1.16. The Morgan fingerprint density at radius 3 is 2.91 bits per heavy atom. The fourth-order valence-electron chi connectivity index (χ4n) is 3.03. The molecular weight excluding hydrogens is 300 g/mol. The van der Waals surface area contributed by atoms with Crippen LogP contribution in [0.2, 0.25) is 0 Å². The van der Waals surface area contributed by atoms with Crippen molar-refractivity contribution in [3.05, 3.63) is 34.7 Å². The Hall–Kier alpha value is -2.64. The van der Waals surface area contributed by atoms with Crippen LogP contribution in [0.1, 0.15) is 40.9 Å². The third-order valence-electron chi connectivity index (χ3n) is 4.25. The highest BCUT2D eigenvalue weighted by molar-refractivity contribution is 5.85. The van der Waals surface area contributed by atoms with Gasteiger partial charge in [0.2, 0.25) is 5.91 Å². The molecule has 1 aliphatic rings. The molecule has 3 rings (SSSR count). The number of nitrogens with one attached hydrogen (secondary N) is 1. The van der Waals surface area contributed by atoms with Crippen LogP contribution in [0.15, 0.2) is 10.9 Å². The van der Waals surface area contributed by atoms with Crippen LogP contribution < -0.4 is 0 Å². The average molecular weight is 318 g/mol. The number of carboxylic acid groups (broad SMARTS) is 1. The summed E-state index contributed by atoms with van der Waals surface area (Å²) >= 11 is 0. The van der Waals surface area contributed by atoms with E-state index in [9.17, 15) is 14.7 Å². The Labute approximate surface area is 132 Å². The number of aryl methyl sites for hydroxylation is 2. The van der Waals surface area contributed by atoms with Gasteiger partial charge in [0.05, 0.1) is 17.7 Å². The molecule has 1 aliphatic heterocycles. The Kier molecular flexibility index (Phi) is 3.89. The summed E-state index contributed by atoms with van der Waals surface area (Å²) in [6.45, 7) is 4.00. The SMILES string of the molecule is Cc1noc(C)c1CCC(=O)N1CCc2[nH]cnc2C1C(=O)O. The number of carbonyl (C=O) groups excluding carboxylic acids is 1. The highest BCUT2D eigenvalue weighted by atomic mass is 16.5. The largest absolute Gasteiger partial charge is 0.479 e. The van der Waals surface area contributed by atoms with Gasteiger partial charge in [0.15, 0.2) is 6.04 Å². The molecule has 0 saturated heterocycles. The minimum absolute atomic E-state index is 0.203. The molecule has 2 aromatic heterocycles. The molecule has 1 amide bonds. The molecule has 8 nitrogen and oxygen atoms in total. The van der Waals surface area contributed by atoms with Gasteiger partial charge in [0.25, 0.3) is 0 Å². The van der Waals surface area contributed by atoms with E-state index in [1.165, 1.54) is 11.2 Å². The number of imidazole rings is 1. The van der Waals surface area contributed by atoms with Gasteiger partial charge in [-0.3, -0.25) is 4.79 Å². The van der Waals surface area contributed by atoms with Crippen molar-refractivity contribution in [1.29, 1.82) is 0 Å². The number of hydrogen-bond acceptors (Lipinski definition) is 5. The van der Waals surface area contributed by atoms with Gasteiger partial charge in [-0.1, -0.05) is 5.16 Å². The molecule has 0 fully saturated rings. The highest BCUT2D eigenvalue weighted by Gasteiger charge is 2.37. The molecule has 1 unspecified atom stereocenters. The van der Waals surface area contributed by atoms with Gasteiger partial charge in [-0.05, 0) is 20.3 Å². The Bertz CT molecular complexity index is 729. The topological polar surface area (TPSA) is 112 Å². The summed E-state index contributed by atoms with van der Waals surface area (Å²) in [5.74, 6) is -0.576. The van der Waals surface area contributed by atoms with Gasteiger partial charge in [-0.2, -0.15) is 0 Å². The van der Waals surface area contributed by atoms with Crippen LogP contribution in [-0.4, -0.2) is 43.6 Å². The zero-order valence-electron chi connectivity index (χ0n) is 13.0. The monoisotopic (exact) mass is 318 g/mol. The number of aromatic nitrogens is 3. The fraction of sp³-hybridized carbons (Fsp3) is 0.467. The summed E-state index contributed by atoms with van der Waals surface area (Å²) < 4.78 is 5.09. The van der Waals surface area contributed by atoms with Crippen molar-refractivity contribution in [3.63, 3.8) is 0 Å². The third-order valence-corrected chi connectivity index (χ3v) is 4.25. The minimum Gasteiger partial charge on any atom is -0.479 e. The number of aromatic amines is 1. The lowest BCUT2D eigenvalue weighted by Gasteiger charge is -2.32. The van der Waals surface area contributed by atoms with Crippen molar-refractivity contribution in [2.45, 2.75) is 39.2 Å². The molecule has 0 spiro atoms. The minimum atomic E-state index is -1.07. The Morgan fingerprint density at radius 1 is 1.48 bits per heavy atom. The standard InChI is InChI=1S/C15H18N4O4/c1-8-10(9(2)23-18-8)3-4-12(20)19-6-5-11-13(17-7-16-11)14(19)15(21)22/h7,14H,3-6H2,1-2H3,(H,16,17)(H,21,22). The second-order valence-electron chi connectivity index (χ2n) is 5.65. The van der Waals surface area contributed by atoms with E-state index in [-0.39, 0.29) is 12.3 Å². The highest BCUT2D eigenvalue weighted by Crippen LogP contribution is 2.28. The summed E-state index contributed by atoms with van der Waals surface area (Å²) in [5.41, 5.74) is 2.88. The lowest BCUT2D eigenvalue weighted by atomic mass is 10.0. The first-order chi connectivity index (χ1) is 11.0. The van der Waals surface area contributed by atoms with Crippen molar-refractivity contribution >= 4 is 11.9 Å². The van der Waals surface area contributed by atoms with E-state index < -0.39 is 12.0 Å². The molecule has 8 heteroatoms. The van der Waals surface area contributed by atoms with Crippen LogP contribution in [-0.2, 0) is 22.4 Å². The number of hydrogen-bond donors (Lipinski definition) is 2. The van der Waals surface area contributed by atoms with E-state index in [1.54, 1.807) is 6.92 Å². The molecule has 0 aliphatic carbocycles. The number of fused-ring (bicyclic) bond motifs is 1. The molecule has 3 heterocycles. The van der Waals surface area contributed by atoms with Gasteiger partial charge >= 0.3 is 5.97 Å². The van der Waals surface area contributed by atoms with Gasteiger partial charge in [0.1, 0.15) is 5.76 Å². The molecule has 0 bridgehead atoms. The fourth-order valence-corrected chi connectivity index (χ4v) is 3.03. The lowest BCUT2D eigenvalue weighted by molar-refractivity contribution is -0.151. The number of amides is 1. The van der Waals surface area contributed by atoms with E-state index in [0.717, 1.165) is 17.0 Å². The summed E-state index contributed by atoms with van der Waals surface area (Å²) in [7, 11) is 0. The van der Waals surface area contributed by atoms with Gasteiger partial charge in [-0.15, -0.1) is 0 Å². The first-order valence-corrected chi connectivity index (χ1v) is 7.45. The van der Waals surface area contributed by atoms with Crippen molar-refractivity contribution in [1.82, 2.24) is 20.0 Å².